The summed E-state index contributed by atoms with van der Waals surface area (Å²) in [7, 11) is 0. The quantitative estimate of drug-likeness (QED) is 0.602. The van der Waals surface area contributed by atoms with Crippen molar-refractivity contribution in [1.82, 2.24) is 4.90 Å². The van der Waals surface area contributed by atoms with Gasteiger partial charge < -0.3 is 4.90 Å². The molecule has 1 aliphatic heterocycles. The van der Waals surface area contributed by atoms with Gasteiger partial charge in [-0.3, -0.25) is 0 Å². The molecule has 0 aromatic rings. The fourth-order valence-corrected chi connectivity index (χ4v) is 2.11. The highest BCUT2D eigenvalue weighted by molar-refractivity contribution is 6.17. The zero-order valence-electron chi connectivity index (χ0n) is 8.06. The van der Waals surface area contributed by atoms with Crippen molar-refractivity contribution in [2.75, 3.05) is 25.5 Å². The Bertz CT molecular complexity index is 110. The lowest BCUT2D eigenvalue weighted by atomic mass is 10.1. The van der Waals surface area contributed by atoms with Crippen molar-refractivity contribution in [3.63, 3.8) is 0 Å². The molecule has 12 heavy (non-hydrogen) atoms. The molecule has 1 saturated heterocycles. The molecule has 2 heteroatoms. The van der Waals surface area contributed by atoms with Gasteiger partial charge in [0, 0.05) is 5.88 Å². The van der Waals surface area contributed by atoms with E-state index in [4.69, 9.17) is 11.6 Å². The summed E-state index contributed by atoms with van der Waals surface area (Å²) in [4.78, 5) is 2.57. The summed E-state index contributed by atoms with van der Waals surface area (Å²) in [5.74, 6) is 1.63. The second-order valence-electron chi connectivity index (χ2n) is 3.92. The third kappa shape index (κ3) is 3.77. The molecule has 1 unspecified atom stereocenters. The highest BCUT2D eigenvalue weighted by Crippen LogP contribution is 2.13. The number of nitrogens with zero attached hydrogens (tertiary/aromatic N) is 1. The van der Waals surface area contributed by atoms with Crippen LogP contribution in [0.15, 0.2) is 0 Å². The van der Waals surface area contributed by atoms with Gasteiger partial charge in [-0.15, -0.1) is 11.6 Å². The number of rotatable bonds is 5. The Kier molecular flexibility index (Phi) is 5.01. The molecule has 1 aliphatic rings. The Hall–Kier alpha value is 0.250. The van der Waals surface area contributed by atoms with Crippen molar-refractivity contribution < 1.29 is 0 Å². The molecule has 0 aromatic heterocycles. The molecule has 0 aromatic carbocycles. The van der Waals surface area contributed by atoms with Crippen LogP contribution in [-0.2, 0) is 0 Å². The lowest BCUT2D eigenvalue weighted by Crippen LogP contribution is -2.22. The van der Waals surface area contributed by atoms with Crippen molar-refractivity contribution in [3.8, 4) is 0 Å². The molecule has 0 amide bonds. The summed E-state index contributed by atoms with van der Waals surface area (Å²) in [5.41, 5.74) is 0. The van der Waals surface area contributed by atoms with E-state index in [0.29, 0.717) is 0 Å². The Morgan fingerprint density at radius 1 is 1.25 bits per heavy atom. The second kappa shape index (κ2) is 5.82. The molecule has 1 atom stereocenters. The highest BCUT2D eigenvalue weighted by Gasteiger charge is 2.11. The average Bonchev–Trinajstić information content (AvgIpc) is 2.53. The smallest absolute Gasteiger partial charge is 0.0225 e. The molecule has 0 radical (unpaired) electrons. The third-order valence-corrected chi connectivity index (χ3v) is 2.96. The van der Waals surface area contributed by atoms with Crippen LogP contribution in [0.3, 0.4) is 0 Å². The van der Waals surface area contributed by atoms with E-state index >= 15 is 0 Å². The molecular weight excluding hydrogens is 170 g/mol. The molecule has 72 valence electrons. The van der Waals surface area contributed by atoms with Gasteiger partial charge in [0.2, 0.25) is 0 Å². The lowest BCUT2D eigenvalue weighted by Gasteiger charge is -2.17. The van der Waals surface area contributed by atoms with Gasteiger partial charge in [-0.05, 0) is 51.2 Å². The van der Waals surface area contributed by atoms with Gasteiger partial charge >= 0.3 is 0 Å². The molecule has 1 nitrogen and oxygen atoms in total. The topological polar surface area (TPSA) is 3.24 Å². The number of likely N-dealkylation sites (tertiary alicyclic amines) is 1. The van der Waals surface area contributed by atoms with E-state index in [2.05, 4.69) is 11.8 Å². The van der Waals surface area contributed by atoms with Crippen LogP contribution in [-0.4, -0.2) is 30.4 Å². The zero-order chi connectivity index (χ0) is 8.81. The minimum absolute atomic E-state index is 0.808. The molecular formula is C10H20ClN. The third-order valence-electron chi connectivity index (χ3n) is 2.74. The van der Waals surface area contributed by atoms with Crippen LogP contribution in [0.4, 0.5) is 0 Å². The van der Waals surface area contributed by atoms with Crippen LogP contribution in [0.5, 0.6) is 0 Å². The maximum absolute atomic E-state index is 5.68. The van der Waals surface area contributed by atoms with Crippen LogP contribution >= 0.6 is 11.6 Å². The standard InChI is InChI=1S/C10H20ClN/c1-10(4-6-11)5-9-12-7-2-3-8-12/h10H,2-9H2,1H3. The van der Waals surface area contributed by atoms with Crippen molar-refractivity contribution in [2.24, 2.45) is 5.92 Å². The maximum atomic E-state index is 5.68. The van der Waals surface area contributed by atoms with Crippen molar-refractivity contribution in [3.05, 3.63) is 0 Å². The van der Waals surface area contributed by atoms with Gasteiger partial charge in [-0.2, -0.15) is 0 Å². The van der Waals surface area contributed by atoms with Crippen LogP contribution in [0.25, 0.3) is 0 Å². The van der Waals surface area contributed by atoms with Crippen LogP contribution in [0.1, 0.15) is 32.6 Å². The first kappa shape index (κ1) is 10.3. The second-order valence-corrected chi connectivity index (χ2v) is 4.30. The molecule has 0 N–H and O–H groups in total. The van der Waals surface area contributed by atoms with E-state index in [0.717, 1.165) is 11.8 Å². The largest absolute Gasteiger partial charge is 0.303 e. The summed E-state index contributed by atoms with van der Waals surface area (Å²) < 4.78 is 0. The monoisotopic (exact) mass is 189 g/mol. The summed E-state index contributed by atoms with van der Waals surface area (Å²) in [6.07, 6.45) is 5.32. The number of hydrogen-bond donors (Lipinski definition) is 0. The molecule has 0 spiro atoms. The molecule has 0 bridgehead atoms. The minimum Gasteiger partial charge on any atom is -0.303 e. The molecule has 1 fully saturated rings. The fourth-order valence-electron chi connectivity index (χ4n) is 1.74. The number of alkyl halides is 1. The van der Waals surface area contributed by atoms with Gasteiger partial charge in [-0.1, -0.05) is 6.92 Å². The van der Waals surface area contributed by atoms with Crippen LogP contribution < -0.4 is 0 Å². The fraction of sp³-hybridized carbons (Fsp3) is 1.00. The number of halogens is 1. The Morgan fingerprint density at radius 2 is 1.92 bits per heavy atom. The first-order valence-corrected chi connectivity index (χ1v) is 5.64. The summed E-state index contributed by atoms with van der Waals surface area (Å²) in [6.45, 7) is 6.25. The van der Waals surface area contributed by atoms with E-state index in [1.807, 2.05) is 0 Å². The molecule has 1 heterocycles. The SMILES string of the molecule is CC(CCCl)CCN1CCCC1. The predicted molar refractivity (Wildman–Crippen MR) is 54.8 cm³/mol. The van der Waals surface area contributed by atoms with E-state index in [1.54, 1.807) is 0 Å². The van der Waals surface area contributed by atoms with E-state index in [-0.39, 0.29) is 0 Å². The zero-order valence-corrected chi connectivity index (χ0v) is 8.82. The van der Waals surface area contributed by atoms with Gasteiger partial charge in [0.05, 0.1) is 0 Å². The van der Waals surface area contributed by atoms with Gasteiger partial charge in [0.25, 0.3) is 0 Å². The van der Waals surface area contributed by atoms with E-state index in [1.165, 1.54) is 45.3 Å². The molecule has 0 aliphatic carbocycles. The Labute approximate surface area is 81.1 Å². The van der Waals surface area contributed by atoms with Crippen LogP contribution in [0.2, 0.25) is 0 Å². The maximum Gasteiger partial charge on any atom is 0.0225 e. The Balaban J connectivity index is 1.99. The molecule has 0 saturated carbocycles. The predicted octanol–water partition coefficient (Wildman–Crippen LogP) is 2.74. The first-order valence-electron chi connectivity index (χ1n) is 5.11. The van der Waals surface area contributed by atoms with Crippen molar-refractivity contribution >= 4 is 11.6 Å². The van der Waals surface area contributed by atoms with E-state index in [9.17, 15) is 0 Å². The van der Waals surface area contributed by atoms with Gasteiger partial charge in [-0.25, -0.2) is 0 Å². The Morgan fingerprint density at radius 3 is 2.50 bits per heavy atom. The van der Waals surface area contributed by atoms with Crippen LogP contribution in [0, 0.1) is 5.92 Å². The average molecular weight is 190 g/mol. The molecule has 1 rings (SSSR count). The number of hydrogen-bond acceptors (Lipinski definition) is 1. The minimum atomic E-state index is 0.808. The van der Waals surface area contributed by atoms with Gasteiger partial charge in [0.15, 0.2) is 0 Å². The highest BCUT2D eigenvalue weighted by atomic mass is 35.5. The van der Waals surface area contributed by atoms with Crippen molar-refractivity contribution in [1.29, 1.82) is 0 Å². The van der Waals surface area contributed by atoms with Crippen molar-refractivity contribution in [2.45, 2.75) is 32.6 Å². The normalized spacial score (nSPS) is 21.5. The van der Waals surface area contributed by atoms with E-state index < -0.39 is 0 Å². The van der Waals surface area contributed by atoms with Gasteiger partial charge in [0.1, 0.15) is 0 Å². The summed E-state index contributed by atoms with van der Waals surface area (Å²) in [6, 6.07) is 0. The summed E-state index contributed by atoms with van der Waals surface area (Å²) in [5, 5.41) is 0. The summed E-state index contributed by atoms with van der Waals surface area (Å²) >= 11 is 5.68. The lowest BCUT2D eigenvalue weighted by molar-refractivity contribution is 0.306. The first-order chi connectivity index (χ1) is 5.83.